The molecular weight excluding hydrogens is 202 g/mol. The van der Waals surface area contributed by atoms with Gasteiger partial charge in [-0.2, -0.15) is 0 Å². The van der Waals surface area contributed by atoms with Gasteiger partial charge in [-0.3, -0.25) is 4.79 Å². The molecule has 1 atom stereocenters. The van der Waals surface area contributed by atoms with Crippen molar-refractivity contribution in [2.75, 3.05) is 6.54 Å². The van der Waals surface area contributed by atoms with Gasteiger partial charge in [0.15, 0.2) is 0 Å². The van der Waals surface area contributed by atoms with Crippen molar-refractivity contribution in [1.29, 1.82) is 0 Å². The fraction of sp³-hybridized carbons (Fsp3) is 0.462. The minimum absolute atomic E-state index is 0.177. The van der Waals surface area contributed by atoms with E-state index in [4.69, 9.17) is 4.74 Å². The molecule has 0 aliphatic heterocycles. The van der Waals surface area contributed by atoms with E-state index < -0.39 is 0 Å². The topological polar surface area (TPSA) is 38.3 Å². The maximum atomic E-state index is 10.0. The summed E-state index contributed by atoms with van der Waals surface area (Å²) in [5.41, 5.74) is 1.23. The Labute approximate surface area is 96.8 Å². The third-order valence-corrected chi connectivity index (χ3v) is 2.37. The number of carbonyl (C=O) groups is 1. The second-order valence-corrected chi connectivity index (χ2v) is 3.96. The average Bonchev–Trinajstić information content (AvgIpc) is 2.28. The summed E-state index contributed by atoms with van der Waals surface area (Å²) in [7, 11) is 0. The number of hydrogen-bond acceptors (Lipinski definition) is 2. The molecule has 0 bridgehead atoms. The number of ether oxygens (including phenoxy) is 1. The molecule has 3 heteroatoms. The Bertz CT molecular complexity index is 308. The van der Waals surface area contributed by atoms with E-state index in [1.165, 1.54) is 5.56 Å². The van der Waals surface area contributed by atoms with Gasteiger partial charge in [0.2, 0.25) is 6.41 Å². The van der Waals surface area contributed by atoms with Crippen LogP contribution in [0.5, 0.6) is 5.75 Å². The van der Waals surface area contributed by atoms with Gasteiger partial charge >= 0.3 is 0 Å². The number of nitrogens with one attached hydrogen (secondary N) is 1. The van der Waals surface area contributed by atoms with Gasteiger partial charge in [0.05, 0.1) is 6.10 Å². The maximum Gasteiger partial charge on any atom is 0.207 e. The predicted molar refractivity (Wildman–Crippen MR) is 64.6 cm³/mol. The number of hydrogen-bond donors (Lipinski definition) is 1. The lowest BCUT2D eigenvalue weighted by Gasteiger charge is -2.14. The van der Waals surface area contributed by atoms with Crippen LogP contribution in [0.2, 0.25) is 0 Å². The molecular formula is C13H19NO2. The monoisotopic (exact) mass is 221 g/mol. The zero-order valence-electron chi connectivity index (χ0n) is 9.90. The molecule has 88 valence electrons. The molecule has 1 amide bonds. The highest BCUT2D eigenvalue weighted by Crippen LogP contribution is 2.14. The smallest absolute Gasteiger partial charge is 0.207 e. The van der Waals surface area contributed by atoms with Crippen molar-refractivity contribution < 1.29 is 9.53 Å². The van der Waals surface area contributed by atoms with E-state index in [0.717, 1.165) is 25.0 Å². The van der Waals surface area contributed by atoms with Crippen LogP contribution in [0.1, 0.15) is 25.3 Å². The lowest BCUT2D eigenvalue weighted by Crippen LogP contribution is -2.17. The molecule has 1 N–H and O–H groups in total. The molecule has 0 saturated heterocycles. The van der Waals surface area contributed by atoms with E-state index in [1.54, 1.807) is 0 Å². The molecule has 0 saturated carbocycles. The number of rotatable bonds is 7. The van der Waals surface area contributed by atoms with E-state index in [0.29, 0.717) is 6.54 Å². The molecule has 0 heterocycles. The van der Waals surface area contributed by atoms with E-state index >= 15 is 0 Å². The molecule has 3 nitrogen and oxygen atoms in total. The third-order valence-electron chi connectivity index (χ3n) is 2.37. The van der Waals surface area contributed by atoms with Crippen LogP contribution in [0, 0.1) is 6.92 Å². The molecule has 0 spiro atoms. The lowest BCUT2D eigenvalue weighted by molar-refractivity contribution is -0.109. The summed E-state index contributed by atoms with van der Waals surface area (Å²) >= 11 is 0. The van der Waals surface area contributed by atoms with Gasteiger partial charge in [-0.25, -0.2) is 0 Å². The van der Waals surface area contributed by atoms with Gasteiger partial charge in [0, 0.05) is 6.54 Å². The number of aryl methyl sites for hydroxylation is 1. The molecule has 1 aromatic rings. The summed E-state index contributed by atoms with van der Waals surface area (Å²) in [6, 6.07) is 8.04. The van der Waals surface area contributed by atoms with E-state index in [2.05, 4.69) is 12.2 Å². The number of carbonyl (C=O) groups excluding carboxylic acids is 1. The minimum atomic E-state index is 0.177. The summed E-state index contributed by atoms with van der Waals surface area (Å²) in [5.74, 6) is 0.904. The molecule has 1 unspecified atom stereocenters. The van der Waals surface area contributed by atoms with Crippen LogP contribution in [0.25, 0.3) is 0 Å². The number of benzene rings is 1. The standard InChI is InChI=1S/C13H19NO2/c1-11-5-7-13(8-6-11)16-12(2)4-3-9-14-10-15/h5-8,10,12H,3-4,9H2,1-2H3,(H,14,15). The van der Waals surface area contributed by atoms with Gasteiger partial charge in [-0.1, -0.05) is 17.7 Å². The molecule has 0 aliphatic carbocycles. The van der Waals surface area contributed by atoms with E-state index in [-0.39, 0.29) is 6.10 Å². The Balaban J connectivity index is 2.25. The first-order valence-corrected chi connectivity index (χ1v) is 5.62. The molecule has 0 fully saturated rings. The largest absolute Gasteiger partial charge is 0.491 e. The third kappa shape index (κ3) is 4.82. The van der Waals surface area contributed by atoms with Crippen LogP contribution in [0.15, 0.2) is 24.3 Å². The Kier molecular flexibility index (Phi) is 5.40. The first-order valence-electron chi connectivity index (χ1n) is 5.62. The van der Waals surface area contributed by atoms with Crippen LogP contribution >= 0.6 is 0 Å². The summed E-state index contributed by atoms with van der Waals surface area (Å²) in [5, 5.41) is 2.64. The Morgan fingerprint density at radius 2 is 2.06 bits per heavy atom. The molecule has 0 radical (unpaired) electrons. The normalized spacial score (nSPS) is 11.9. The summed E-state index contributed by atoms with van der Waals surface area (Å²) in [6.45, 7) is 4.81. The molecule has 1 rings (SSSR count). The minimum Gasteiger partial charge on any atom is -0.491 e. The molecule has 0 aromatic heterocycles. The van der Waals surface area contributed by atoms with Crippen molar-refractivity contribution in [3.05, 3.63) is 29.8 Å². The van der Waals surface area contributed by atoms with Crippen molar-refractivity contribution in [3.8, 4) is 5.75 Å². The highest BCUT2D eigenvalue weighted by Gasteiger charge is 2.03. The highest BCUT2D eigenvalue weighted by atomic mass is 16.5. The molecule has 1 aromatic carbocycles. The van der Waals surface area contributed by atoms with Crippen molar-refractivity contribution in [3.63, 3.8) is 0 Å². The van der Waals surface area contributed by atoms with Crippen LogP contribution in [0.4, 0.5) is 0 Å². The Hall–Kier alpha value is -1.51. The zero-order chi connectivity index (χ0) is 11.8. The van der Waals surface area contributed by atoms with Crippen molar-refractivity contribution in [2.45, 2.75) is 32.8 Å². The van der Waals surface area contributed by atoms with Crippen molar-refractivity contribution in [2.24, 2.45) is 0 Å². The maximum absolute atomic E-state index is 10.0. The second-order valence-electron chi connectivity index (χ2n) is 3.96. The van der Waals surface area contributed by atoms with Gasteiger partial charge in [0.1, 0.15) is 5.75 Å². The lowest BCUT2D eigenvalue weighted by atomic mass is 10.2. The fourth-order valence-corrected chi connectivity index (χ4v) is 1.46. The van der Waals surface area contributed by atoms with Crippen LogP contribution < -0.4 is 10.1 Å². The summed E-state index contributed by atoms with van der Waals surface area (Å²) in [4.78, 5) is 10.0. The number of amides is 1. The Morgan fingerprint density at radius 1 is 1.38 bits per heavy atom. The molecule has 0 aliphatic rings. The van der Waals surface area contributed by atoms with Gasteiger partial charge < -0.3 is 10.1 Å². The van der Waals surface area contributed by atoms with Crippen LogP contribution in [0.3, 0.4) is 0 Å². The van der Waals surface area contributed by atoms with Crippen LogP contribution in [-0.4, -0.2) is 19.1 Å². The predicted octanol–water partition coefficient (Wildman–Crippen LogP) is 2.29. The van der Waals surface area contributed by atoms with Crippen molar-refractivity contribution >= 4 is 6.41 Å². The average molecular weight is 221 g/mol. The summed E-state index contributed by atoms with van der Waals surface area (Å²) in [6.07, 6.45) is 2.78. The zero-order valence-corrected chi connectivity index (χ0v) is 9.90. The molecule has 16 heavy (non-hydrogen) atoms. The van der Waals surface area contributed by atoms with Gasteiger partial charge in [-0.05, 0) is 38.8 Å². The quantitative estimate of drug-likeness (QED) is 0.566. The first kappa shape index (κ1) is 12.6. The van der Waals surface area contributed by atoms with Gasteiger partial charge in [0.25, 0.3) is 0 Å². The fourth-order valence-electron chi connectivity index (χ4n) is 1.46. The van der Waals surface area contributed by atoms with Crippen LogP contribution in [-0.2, 0) is 4.79 Å². The second kappa shape index (κ2) is 6.88. The SMILES string of the molecule is Cc1ccc(OC(C)CCCNC=O)cc1. The van der Waals surface area contributed by atoms with Gasteiger partial charge in [-0.15, -0.1) is 0 Å². The summed E-state index contributed by atoms with van der Waals surface area (Å²) < 4.78 is 5.73. The highest BCUT2D eigenvalue weighted by molar-refractivity contribution is 5.45. The van der Waals surface area contributed by atoms with E-state index in [1.807, 2.05) is 31.2 Å². The van der Waals surface area contributed by atoms with E-state index in [9.17, 15) is 4.79 Å². The Morgan fingerprint density at radius 3 is 2.69 bits per heavy atom. The first-order chi connectivity index (χ1) is 7.72. The van der Waals surface area contributed by atoms with Crippen molar-refractivity contribution in [1.82, 2.24) is 5.32 Å².